The van der Waals surface area contributed by atoms with Crippen LogP contribution in [0.5, 0.6) is 5.75 Å². The van der Waals surface area contributed by atoms with Crippen LogP contribution in [0.25, 0.3) is 0 Å². The van der Waals surface area contributed by atoms with E-state index < -0.39 is 8.32 Å². The SMILES string of the molecule is CCOc1ccc2c(c1)CC(NCCCCO)C(=O)N2c1cccc(CC[C@H]2O[C@@H](CC(=O)N3CCC[C@H]3CO)[C@H]([Si](C)(C)O)[C@H]2C)c1. The molecule has 6 atom stereocenters. The van der Waals surface area contributed by atoms with Gasteiger partial charge in [0.2, 0.25) is 11.8 Å². The second-order valence-corrected chi connectivity index (χ2v) is 18.2. The summed E-state index contributed by atoms with van der Waals surface area (Å²) in [5.41, 5.74) is 3.72. The van der Waals surface area contributed by atoms with Crippen molar-refractivity contribution in [1.82, 2.24) is 10.2 Å². The molecule has 0 aromatic heterocycles. The van der Waals surface area contributed by atoms with E-state index in [0.29, 0.717) is 32.5 Å². The molecule has 0 saturated carbocycles. The fourth-order valence-corrected chi connectivity index (χ4v) is 10.7. The van der Waals surface area contributed by atoms with Crippen molar-refractivity contribution >= 4 is 31.5 Å². The minimum Gasteiger partial charge on any atom is -0.494 e. The molecule has 264 valence electrons. The summed E-state index contributed by atoms with van der Waals surface area (Å²) in [6, 6.07) is 13.5. The lowest BCUT2D eigenvalue weighted by atomic mass is 9.94. The summed E-state index contributed by atoms with van der Waals surface area (Å²) in [6.45, 7) is 9.95. The summed E-state index contributed by atoms with van der Waals surface area (Å²) in [5, 5.41) is 22.4. The van der Waals surface area contributed by atoms with E-state index in [9.17, 15) is 24.6 Å². The number of aryl methyl sites for hydroxylation is 1. The summed E-state index contributed by atoms with van der Waals surface area (Å²) in [4.78, 5) is 42.2. The molecule has 0 bridgehead atoms. The molecule has 4 N–H and O–H groups in total. The third-order valence-corrected chi connectivity index (χ3v) is 12.9. The zero-order chi connectivity index (χ0) is 34.4. The number of fused-ring (bicyclic) bond motifs is 1. The molecule has 2 amide bonds. The maximum atomic E-state index is 14.0. The molecule has 2 saturated heterocycles. The third kappa shape index (κ3) is 8.31. The highest BCUT2D eigenvalue weighted by Crippen LogP contribution is 2.46. The predicted molar refractivity (Wildman–Crippen MR) is 189 cm³/mol. The van der Waals surface area contributed by atoms with Crippen LogP contribution in [0.3, 0.4) is 0 Å². The molecule has 2 fully saturated rings. The minimum absolute atomic E-state index is 0.00130. The van der Waals surface area contributed by atoms with Crippen molar-refractivity contribution in [1.29, 1.82) is 0 Å². The van der Waals surface area contributed by atoms with Gasteiger partial charge in [0.1, 0.15) is 5.75 Å². The number of likely N-dealkylation sites (tertiary alicyclic amines) is 1. The van der Waals surface area contributed by atoms with Crippen molar-refractivity contribution in [3.05, 3.63) is 53.6 Å². The molecule has 48 heavy (non-hydrogen) atoms. The number of amides is 2. The Morgan fingerprint density at radius 1 is 1.12 bits per heavy atom. The summed E-state index contributed by atoms with van der Waals surface area (Å²) in [6.07, 6.45) is 4.99. The zero-order valence-corrected chi connectivity index (χ0v) is 30.1. The Morgan fingerprint density at radius 3 is 2.67 bits per heavy atom. The molecule has 3 aliphatic heterocycles. The first-order valence-electron chi connectivity index (χ1n) is 17.9. The number of aliphatic hydroxyl groups is 2. The number of hydrogen-bond acceptors (Lipinski definition) is 8. The van der Waals surface area contributed by atoms with Gasteiger partial charge < -0.3 is 34.7 Å². The Kier molecular flexibility index (Phi) is 12.4. The van der Waals surface area contributed by atoms with E-state index in [1.807, 2.05) is 55.2 Å². The van der Waals surface area contributed by atoms with Gasteiger partial charge >= 0.3 is 0 Å². The smallest absolute Gasteiger partial charge is 0.249 e. The lowest BCUT2D eigenvalue weighted by molar-refractivity contribution is -0.135. The standard InChI is InChI=1S/C37H55N3O7Si/c1-5-46-30-14-15-32-27(21-30)22-31(38-17-6-7-19-41)37(44)40(32)28-11-8-10-26(20-28)13-16-33-25(2)36(48(3,4)45)34(47-33)23-35(43)39-18-9-12-29(39)24-42/h8,10-11,14-15,20-21,25,29,31,33-34,36,38,41-42,45H,5-7,9,12-13,16-19,22-24H2,1-4H3/t25-,29-,31?,33+,34-,36+/m0/s1. The normalized spacial score (nSPS) is 25.9. The second-order valence-electron chi connectivity index (χ2n) is 14.3. The van der Waals surface area contributed by atoms with Crippen LogP contribution in [0.15, 0.2) is 42.5 Å². The van der Waals surface area contributed by atoms with Crippen molar-refractivity contribution in [3.8, 4) is 5.75 Å². The number of benzene rings is 2. The van der Waals surface area contributed by atoms with Gasteiger partial charge in [-0.2, -0.15) is 0 Å². The van der Waals surface area contributed by atoms with E-state index in [0.717, 1.165) is 60.4 Å². The number of unbranched alkanes of at least 4 members (excludes halogenated alkanes) is 1. The van der Waals surface area contributed by atoms with Gasteiger partial charge in [-0.1, -0.05) is 19.1 Å². The van der Waals surface area contributed by atoms with Gasteiger partial charge in [-0.25, -0.2) is 0 Å². The van der Waals surface area contributed by atoms with Gasteiger partial charge in [0.15, 0.2) is 8.32 Å². The maximum absolute atomic E-state index is 14.0. The molecule has 2 aromatic rings. The van der Waals surface area contributed by atoms with Gasteiger partial charge in [0, 0.05) is 24.4 Å². The number of anilines is 2. The third-order valence-electron chi connectivity index (χ3n) is 10.4. The lowest BCUT2D eigenvalue weighted by Gasteiger charge is -2.35. The maximum Gasteiger partial charge on any atom is 0.249 e. The van der Waals surface area contributed by atoms with Crippen LogP contribution in [-0.4, -0.2) is 97.2 Å². The van der Waals surface area contributed by atoms with E-state index in [1.165, 1.54) is 0 Å². The molecule has 1 unspecified atom stereocenters. The van der Waals surface area contributed by atoms with Crippen molar-refractivity contribution in [2.24, 2.45) is 5.92 Å². The summed E-state index contributed by atoms with van der Waals surface area (Å²) in [5.74, 6) is 0.872. The molecule has 2 aromatic carbocycles. The van der Waals surface area contributed by atoms with E-state index in [2.05, 4.69) is 24.4 Å². The molecule has 0 spiro atoms. The molecular weight excluding hydrogens is 627 g/mol. The topological polar surface area (TPSA) is 132 Å². The number of nitrogens with one attached hydrogen (secondary N) is 1. The number of carbonyl (C=O) groups excluding carboxylic acids is 2. The second kappa shape index (κ2) is 16.3. The molecular formula is C37H55N3O7Si. The van der Waals surface area contributed by atoms with Gasteiger partial charge in [0.25, 0.3) is 0 Å². The molecule has 5 rings (SSSR count). The van der Waals surface area contributed by atoms with E-state index in [-0.39, 0.29) is 67.2 Å². The van der Waals surface area contributed by atoms with Crippen molar-refractivity contribution in [3.63, 3.8) is 0 Å². The number of hydrogen-bond donors (Lipinski definition) is 4. The Bertz CT molecular complexity index is 1400. The molecule has 3 heterocycles. The summed E-state index contributed by atoms with van der Waals surface area (Å²) < 4.78 is 12.4. The number of aliphatic hydroxyl groups excluding tert-OH is 2. The first-order chi connectivity index (χ1) is 23.0. The summed E-state index contributed by atoms with van der Waals surface area (Å²) in [7, 11) is -2.65. The minimum atomic E-state index is -2.65. The van der Waals surface area contributed by atoms with Crippen LogP contribution >= 0.6 is 0 Å². The fourth-order valence-electron chi connectivity index (χ4n) is 8.13. The van der Waals surface area contributed by atoms with Crippen molar-refractivity contribution < 1.29 is 34.1 Å². The quantitative estimate of drug-likeness (QED) is 0.162. The van der Waals surface area contributed by atoms with Crippen molar-refractivity contribution in [2.45, 2.75) is 108 Å². The van der Waals surface area contributed by atoms with Gasteiger partial charge in [-0.05, 0) is 119 Å². The van der Waals surface area contributed by atoms with E-state index in [4.69, 9.17) is 9.47 Å². The predicted octanol–water partition coefficient (Wildman–Crippen LogP) is 4.31. The van der Waals surface area contributed by atoms with Crippen LogP contribution in [0.1, 0.15) is 63.5 Å². The number of ether oxygens (including phenoxy) is 2. The average molecular weight is 682 g/mol. The molecule has 10 nitrogen and oxygen atoms in total. The van der Waals surface area contributed by atoms with E-state index >= 15 is 0 Å². The first kappa shape index (κ1) is 36.5. The largest absolute Gasteiger partial charge is 0.494 e. The van der Waals surface area contributed by atoms with Crippen molar-refractivity contribution in [2.75, 3.05) is 37.8 Å². The average Bonchev–Trinajstić information content (AvgIpc) is 3.66. The molecule has 0 radical (unpaired) electrons. The lowest BCUT2D eigenvalue weighted by Crippen LogP contribution is -2.49. The Morgan fingerprint density at radius 2 is 1.94 bits per heavy atom. The highest BCUT2D eigenvalue weighted by atomic mass is 28.4. The number of carbonyl (C=O) groups is 2. The summed E-state index contributed by atoms with van der Waals surface area (Å²) >= 11 is 0. The Hall–Kier alpha value is -2.80. The van der Waals surface area contributed by atoms with Gasteiger partial charge in [0.05, 0.1) is 49.6 Å². The van der Waals surface area contributed by atoms with Crippen LogP contribution in [0, 0.1) is 5.92 Å². The first-order valence-corrected chi connectivity index (χ1v) is 20.9. The van der Waals surface area contributed by atoms with Crippen LogP contribution in [-0.2, 0) is 27.2 Å². The van der Waals surface area contributed by atoms with Crippen LogP contribution < -0.4 is 15.0 Å². The van der Waals surface area contributed by atoms with Gasteiger partial charge in [-0.15, -0.1) is 0 Å². The van der Waals surface area contributed by atoms with Gasteiger partial charge in [-0.3, -0.25) is 14.5 Å². The number of nitrogens with zero attached hydrogens (tertiary/aromatic N) is 2. The monoisotopic (exact) mass is 681 g/mol. The molecule has 0 aliphatic carbocycles. The fraction of sp³-hybridized carbons (Fsp3) is 0.622. The highest BCUT2D eigenvalue weighted by Gasteiger charge is 2.50. The Labute approximate surface area is 286 Å². The Balaban J connectivity index is 1.31. The zero-order valence-electron chi connectivity index (χ0n) is 29.1. The number of rotatable bonds is 15. The molecule has 3 aliphatic rings. The highest BCUT2D eigenvalue weighted by molar-refractivity contribution is 6.71. The van der Waals surface area contributed by atoms with Crippen LogP contribution in [0.2, 0.25) is 18.6 Å². The molecule has 11 heteroatoms. The van der Waals surface area contributed by atoms with E-state index in [1.54, 1.807) is 4.90 Å². The van der Waals surface area contributed by atoms with Crippen LogP contribution in [0.4, 0.5) is 11.4 Å².